The van der Waals surface area contributed by atoms with Crippen molar-refractivity contribution in [3.63, 3.8) is 0 Å². The maximum absolute atomic E-state index is 12.4. The summed E-state index contributed by atoms with van der Waals surface area (Å²) in [5.74, 6) is -0.324. The van der Waals surface area contributed by atoms with Crippen LogP contribution in [0.3, 0.4) is 0 Å². The van der Waals surface area contributed by atoms with Crippen LogP contribution in [0.5, 0.6) is 0 Å². The lowest BCUT2D eigenvalue weighted by Crippen LogP contribution is -2.32. The molecule has 5 nitrogen and oxygen atoms in total. The first-order valence-electron chi connectivity index (χ1n) is 8.13. The Labute approximate surface area is 152 Å². The Morgan fingerprint density at radius 3 is 2.36 bits per heavy atom. The van der Waals surface area contributed by atoms with Gasteiger partial charge in [-0.05, 0) is 55.3 Å². The van der Waals surface area contributed by atoms with Crippen LogP contribution in [0.4, 0.5) is 5.69 Å². The fraction of sp³-hybridized carbons (Fsp3) is 0.278. The molecular weight excluding hydrogens is 360 g/mol. The Morgan fingerprint density at radius 2 is 1.72 bits per heavy atom. The topological polar surface area (TPSA) is 75.3 Å². The van der Waals surface area contributed by atoms with Gasteiger partial charge in [-0.25, -0.2) is 13.1 Å². The summed E-state index contributed by atoms with van der Waals surface area (Å²) >= 11 is 5.89. The Bertz CT molecular complexity index is 860. The van der Waals surface area contributed by atoms with Crippen molar-refractivity contribution in [3.05, 3.63) is 59.1 Å². The number of halogens is 1. The highest BCUT2D eigenvalue weighted by Crippen LogP contribution is 2.21. The molecule has 25 heavy (non-hydrogen) atoms. The minimum Gasteiger partial charge on any atom is -0.322 e. The van der Waals surface area contributed by atoms with E-state index in [1.165, 1.54) is 24.3 Å². The van der Waals surface area contributed by atoms with Crippen molar-refractivity contribution in [1.82, 2.24) is 4.72 Å². The normalized spacial score (nSPS) is 15.2. The van der Waals surface area contributed by atoms with E-state index in [1.54, 1.807) is 24.3 Å². The van der Waals surface area contributed by atoms with Gasteiger partial charge in [-0.15, -0.1) is 0 Å². The zero-order valence-corrected chi connectivity index (χ0v) is 15.1. The monoisotopic (exact) mass is 378 g/mol. The van der Waals surface area contributed by atoms with Crippen LogP contribution in [0, 0.1) is 0 Å². The smallest absolute Gasteiger partial charge is 0.255 e. The van der Waals surface area contributed by atoms with Gasteiger partial charge < -0.3 is 5.32 Å². The molecule has 0 radical (unpaired) electrons. The van der Waals surface area contributed by atoms with Gasteiger partial charge in [-0.1, -0.05) is 30.5 Å². The average Bonchev–Trinajstić information content (AvgIpc) is 3.07. The van der Waals surface area contributed by atoms with Crippen molar-refractivity contribution >= 4 is 33.2 Å². The Kier molecular flexibility index (Phi) is 5.42. The molecular formula is C18H19ClN2O3S. The molecule has 0 heterocycles. The molecule has 0 aliphatic heterocycles. The van der Waals surface area contributed by atoms with Gasteiger partial charge in [0.1, 0.15) is 0 Å². The number of carbonyl (C=O) groups is 1. The summed E-state index contributed by atoms with van der Waals surface area (Å²) in [6, 6.07) is 12.7. The van der Waals surface area contributed by atoms with Gasteiger partial charge in [-0.3, -0.25) is 4.79 Å². The minimum absolute atomic E-state index is 0.0100. The highest BCUT2D eigenvalue weighted by atomic mass is 35.5. The lowest BCUT2D eigenvalue weighted by molar-refractivity contribution is 0.102. The van der Waals surface area contributed by atoms with E-state index in [9.17, 15) is 13.2 Å². The average molecular weight is 379 g/mol. The van der Waals surface area contributed by atoms with Crippen LogP contribution in [0.2, 0.25) is 5.02 Å². The Balaban J connectivity index is 1.69. The van der Waals surface area contributed by atoms with Crippen LogP contribution in [-0.2, 0) is 10.0 Å². The fourth-order valence-corrected chi connectivity index (χ4v) is 4.38. The number of hydrogen-bond acceptors (Lipinski definition) is 3. The summed E-state index contributed by atoms with van der Waals surface area (Å²) in [7, 11) is -3.55. The lowest BCUT2D eigenvalue weighted by Gasteiger charge is -2.13. The molecule has 0 unspecified atom stereocenters. The second-order valence-electron chi connectivity index (χ2n) is 6.09. The van der Waals surface area contributed by atoms with E-state index in [0.29, 0.717) is 16.3 Å². The minimum atomic E-state index is -3.55. The molecule has 0 bridgehead atoms. The Morgan fingerprint density at radius 1 is 1.04 bits per heavy atom. The molecule has 132 valence electrons. The summed E-state index contributed by atoms with van der Waals surface area (Å²) in [6.45, 7) is 0. The number of nitrogens with one attached hydrogen (secondary N) is 2. The SMILES string of the molecule is O=C(Nc1cccc(Cl)c1)c1ccc(S(=O)(=O)NC2CCCC2)cc1. The van der Waals surface area contributed by atoms with Crippen molar-refractivity contribution in [2.24, 2.45) is 0 Å². The van der Waals surface area contributed by atoms with E-state index < -0.39 is 10.0 Å². The molecule has 1 aliphatic carbocycles. The summed E-state index contributed by atoms with van der Waals surface area (Å²) < 4.78 is 27.5. The molecule has 1 fully saturated rings. The van der Waals surface area contributed by atoms with Gasteiger partial charge in [-0.2, -0.15) is 0 Å². The van der Waals surface area contributed by atoms with Gasteiger partial charge >= 0.3 is 0 Å². The second-order valence-corrected chi connectivity index (χ2v) is 8.24. The number of sulfonamides is 1. The first-order chi connectivity index (χ1) is 11.9. The van der Waals surface area contributed by atoms with E-state index in [1.807, 2.05) is 0 Å². The molecule has 1 amide bonds. The van der Waals surface area contributed by atoms with E-state index >= 15 is 0 Å². The third-order valence-corrected chi connectivity index (χ3v) is 5.96. The molecule has 2 aromatic carbocycles. The van der Waals surface area contributed by atoms with Gasteiger partial charge in [0.25, 0.3) is 5.91 Å². The molecule has 0 saturated heterocycles. The van der Waals surface area contributed by atoms with Crippen molar-refractivity contribution in [2.75, 3.05) is 5.32 Å². The van der Waals surface area contributed by atoms with Crippen LogP contribution in [0.15, 0.2) is 53.4 Å². The van der Waals surface area contributed by atoms with Gasteiger partial charge in [0.2, 0.25) is 10.0 Å². The molecule has 2 aromatic rings. The van der Waals surface area contributed by atoms with Crippen LogP contribution >= 0.6 is 11.6 Å². The second kappa shape index (κ2) is 7.56. The van der Waals surface area contributed by atoms with Gasteiger partial charge in [0.05, 0.1) is 4.90 Å². The number of rotatable bonds is 5. The van der Waals surface area contributed by atoms with Crippen LogP contribution < -0.4 is 10.0 Å². The van der Waals surface area contributed by atoms with Crippen molar-refractivity contribution in [1.29, 1.82) is 0 Å². The molecule has 1 saturated carbocycles. The van der Waals surface area contributed by atoms with Crippen LogP contribution in [-0.4, -0.2) is 20.4 Å². The Hall–Kier alpha value is -1.89. The largest absolute Gasteiger partial charge is 0.322 e. The molecule has 1 aliphatic rings. The third kappa shape index (κ3) is 4.60. The first kappa shape index (κ1) is 17.9. The zero-order chi connectivity index (χ0) is 17.9. The maximum Gasteiger partial charge on any atom is 0.255 e. The highest BCUT2D eigenvalue weighted by Gasteiger charge is 2.23. The van der Waals surface area contributed by atoms with E-state index in [2.05, 4.69) is 10.0 Å². The molecule has 0 aromatic heterocycles. The predicted octanol–water partition coefficient (Wildman–Crippen LogP) is 3.81. The number of benzene rings is 2. The van der Waals surface area contributed by atoms with Crippen molar-refractivity contribution in [2.45, 2.75) is 36.6 Å². The molecule has 7 heteroatoms. The van der Waals surface area contributed by atoms with Crippen LogP contribution in [0.25, 0.3) is 0 Å². The third-order valence-electron chi connectivity index (χ3n) is 4.19. The molecule has 3 rings (SSSR count). The fourth-order valence-electron chi connectivity index (χ4n) is 2.89. The van der Waals surface area contributed by atoms with E-state index in [0.717, 1.165) is 25.7 Å². The van der Waals surface area contributed by atoms with E-state index in [-0.39, 0.29) is 16.8 Å². The maximum atomic E-state index is 12.4. The number of amides is 1. The standard InChI is InChI=1S/C18H19ClN2O3S/c19-14-4-3-7-16(12-14)20-18(22)13-8-10-17(11-9-13)25(23,24)21-15-5-1-2-6-15/h3-4,7-12,15,21H,1-2,5-6H2,(H,20,22). The van der Waals surface area contributed by atoms with Crippen LogP contribution in [0.1, 0.15) is 36.0 Å². The summed E-state index contributed by atoms with van der Waals surface area (Å²) in [6.07, 6.45) is 3.85. The number of carbonyl (C=O) groups excluding carboxylic acids is 1. The number of anilines is 1. The molecule has 0 atom stereocenters. The zero-order valence-electron chi connectivity index (χ0n) is 13.5. The summed E-state index contributed by atoms with van der Waals surface area (Å²) in [4.78, 5) is 12.4. The van der Waals surface area contributed by atoms with Crippen molar-refractivity contribution in [3.8, 4) is 0 Å². The van der Waals surface area contributed by atoms with E-state index in [4.69, 9.17) is 11.6 Å². The van der Waals surface area contributed by atoms with Crippen molar-refractivity contribution < 1.29 is 13.2 Å². The predicted molar refractivity (Wildman–Crippen MR) is 98.4 cm³/mol. The number of hydrogen-bond donors (Lipinski definition) is 2. The molecule has 2 N–H and O–H groups in total. The highest BCUT2D eigenvalue weighted by molar-refractivity contribution is 7.89. The summed E-state index contributed by atoms with van der Waals surface area (Å²) in [5, 5.41) is 3.25. The summed E-state index contributed by atoms with van der Waals surface area (Å²) in [5.41, 5.74) is 0.955. The van der Waals surface area contributed by atoms with Gasteiger partial charge in [0.15, 0.2) is 0 Å². The molecule has 0 spiro atoms. The lowest BCUT2D eigenvalue weighted by atomic mass is 10.2. The quantitative estimate of drug-likeness (QED) is 0.830. The first-order valence-corrected chi connectivity index (χ1v) is 9.99. The van der Waals surface area contributed by atoms with Gasteiger partial charge in [0, 0.05) is 22.3 Å².